The molecule has 7 heteroatoms. The van der Waals surface area contributed by atoms with E-state index in [1.54, 1.807) is 43.5 Å². The van der Waals surface area contributed by atoms with E-state index in [1.165, 1.54) is 4.31 Å². The van der Waals surface area contributed by atoms with Gasteiger partial charge in [0.2, 0.25) is 5.91 Å². The summed E-state index contributed by atoms with van der Waals surface area (Å²) >= 11 is 0. The number of rotatable bonds is 11. The van der Waals surface area contributed by atoms with Crippen LogP contribution in [0.15, 0.2) is 77.7 Å². The molecule has 0 aromatic heterocycles. The highest BCUT2D eigenvalue weighted by molar-refractivity contribution is 7.92. The van der Waals surface area contributed by atoms with Crippen LogP contribution in [-0.4, -0.2) is 28.0 Å². The molecule has 1 amide bonds. The zero-order chi connectivity index (χ0) is 26.3. The normalized spacial score (nSPS) is 12.3. The van der Waals surface area contributed by atoms with Gasteiger partial charge in [0, 0.05) is 0 Å². The van der Waals surface area contributed by atoms with Crippen LogP contribution in [-0.2, 0) is 21.2 Å². The molecule has 0 fully saturated rings. The molecular formula is C29H36N2O4S. The van der Waals surface area contributed by atoms with Crippen molar-refractivity contribution in [1.82, 2.24) is 5.32 Å². The predicted molar refractivity (Wildman–Crippen MR) is 145 cm³/mol. The number of aryl methyl sites for hydroxylation is 2. The number of anilines is 1. The molecule has 1 N–H and O–H groups in total. The minimum atomic E-state index is -3.98. The summed E-state index contributed by atoms with van der Waals surface area (Å²) in [6, 6.07) is 21.3. The molecule has 3 aromatic rings. The second-order valence-electron chi connectivity index (χ2n) is 9.33. The van der Waals surface area contributed by atoms with E-state index in [-0.39, 0.29) is 23.4 Å². The Kier molecular flexibility index (Phi) is 9.15. The molecule has 6 nitrogen and oxygen atoms in total. The van der Waals surface area contributed by atoms with Gasteiger partial charge in [-0.3, -0.25) is 9.10 Å². The van der Waals surface area contributed by atoms with E-state index < -0.39 is 10.0 Å². The van der Waals surface area contributed by atoms with E-state index in [0.717, 1.165) is 22.4 Å². The van der Waals surface area contributed by atoms with Crippen LogP contribution >= 0.6 is 0 Å². The molecule has 0 saturated heterocycles. The maximum absolute atomic E-state index is 13.8. The van der Waals surface area contributed by atoms with Crippen LogP contribution in [0.5, 0.6) is 5.75 Å². The summed E-state index contributed by atoms with van der Waals surface area (Å²) in [6.45, 7) is 7.74. The Morgan fingerprint density at radius 1 is 0.972 bits per heavy atom. The van der Waals surface area contributed by atoms with Crippen LogP contribution in [0.1, 0.15) is 49.9 Å². The van der Waals surface area contributed by atoms with Gasteiger partial charge in [-0.25, -0.2) is 8.42 Å². The number of hydrogen-bond acceptors (Lipinski definition) is 4. The first-order valence-corrected chi connectivity index (χ1v) is 13.7. The molecule has 0 radical (unpaired) electrons. The number of nitrogens with zero attached hydrogens (tertiary/aromatic N) is 1. The minimum absolute atomic E-state index is 0.153. The molecule has 3 rings (SSSR count). The Bertz CT molecular complexity index is 1250. The molecule has 0 bridgehead atoms. The Morgan fingerprint density at radius 3 is 2.19 bits per heavy atom. The predicted octanol–water partition coefficient (Wildman–Crippen LogP) is 5.66. The van der Waals surface area contributed by atoms with Crippen molar-refractivity contribution in [3.8, 4) is 5.75 Å². The number of benzene rings is 3. The molecule has 0 unspecified atom stereocenters. The fourth-order valence-corrected chi connectivity index (χ4v) is 5.61. The Hall–Kier alpha value is -3.32. The molecule has 0 heterocycles. The highest BCUT2D eigenvalue weighted by atomic mass is 32.2. The Balaban J connectivity index is 1.95. The lowest BCUT2D eigenvalue weighted by atomic mass is 9.97. The highest BCUT2D eigenvalue weighted by Crippen LogP contribution is 2.28. The van der Waals surface area contributed by atoms with Crippen LogP contribution in [0.25, 0.3) is 0 Å². The van der Waals surface area contributed by atoms with Crippen molar-refractivity contribution >= 4 is 21.6 Å². The summed E-state index contributed by atoms with van der Waals surface area (Å²) < 4.78 is 34.1. The standard InChI is InChI=1S/C29H36N2O4S/c1-6-23-9-7-8-10-28(23)31(36(33,34)26-17-11-22(4)12-18-26)20-29(32)30-27(19-21(2)3)24-13-15-25(35-5)16-14-24/h7-18,21,27H,6,19-20H2,1-5H3,(H,30,32)/t27-/m1/s1. The van der Waals surface area contributed by atoms with E-state index in [4.69, 9.17) is 4.74 Å². The Labute approximate surface area is 215 Å². The van der Waals surface area contributed by atoms with Crippen molar-refractivity contribution in [1.29, 1.82) is 0 Å². The van der Waals surface area contributed by atoms with Crippen LogP contribution in [0.4, 0.5) is 5.69 Å². The lowest BCUT2D eigenvalue weighted by Gasteiger charge is -2.28. The molecule has 192 valence electrons. The van der Waals surface area contributed by atoms with Crippen molar-refractivity contribution in [3.05, 3.63) is 89.5 Å². The van der Waals surface area contributed by atoms with Crippen LogP contribution in [0.3, 0.4) is 0 Å². The summed E-state index contributed by atoms with van der Waals surface area (Å²) in [6.07, 6.45) is 1.36. The number of methoxy groups -OCH3 is 1. The lowest BCUT2D eigenvalue weighted by Crippen LogP contribution is -2.42. The number of sulfonamides is 1. The third kappa shape index (κ3) is 6.66. The summed E-state index contributed by atoms with van der Waals surface area (Å²) in [5.74, 6) is 0.698. The van der Waals surface area contributed by atoms with Crippen molar-refractivity contribution in [2.45, 2.75) is 51.5 Å². The summed E-state index contributed by atoms with van der Waals surface area (Å²) in [5.41, 5.74) is 3.28. The quantitative estimate of drug-likeness (QED) is 0.362. The topological polar surface area (TPSA) is 75.7 Å². The molecule has 0 aliphatic rings. The van der Waals surface area contributed by atoms with Gasteiger partial charge in [0.25, 0.3) is 10.0 Å². The first kappa shape index (κ1) is 27.3. The average molecular weight is 509 g/mol. The first-order chi connectivity index (χ1) is 17.1. The van der Waals surface area contributed by atoms with Gasteiger partial charge in [-0.1, -0.05) is 68.8 Å². The number of amides is 1. The first-order valence-electron chi connectivity index (χ1n) is 12.3. The third-order valence-corrected chi connectivity index (χ3v) is 7.87. The van der Waals surface area contributed by atoms with Crippen molar-refractivity contribution in [3.63, 3.8) is 0 Å². The zero-order valence-corrected chi connectivity index (χ0v) is 22.5. The lowest BCUT2D eigenvalue weighted by molar-refractivity contribution is -0.120. The maximum Gasteiger partial charge on any atom is 0.264 e. The second kappa shape index (κ2) is 12.1. The highest BCUT2D eigenvalue weighted by Gasteiger charge is 2.29. The van der Waals surface area contributed by atoms with Gasteiger partial charge in [0.05, 0.1) is 23.7 Å². The molecule has 0 saturated carbocycles. The number of para-hydroxylation sites is 1. The summed E-state index contributed by atoms with van der Waals surface area (Å²) in [5, 5.41) is 3.09. The van der Waals surface area contributed by atoms with Crippen molar-refractivity contribution < 1.29 is 17.9 Å². The van der Waals surface area contributed by atoms with E-state index in [2.05, 4.69) is 19.2 Å². The number of nitrogens with one attached hydrogen (secondary N) is 1. The molecule has 36 heavy (non-hydrogen) atoms. The van der Waals surface area contributed by atoms with E-state index in [0.29, 0.717) is 24.4 Å². The minimum Gasteiger partial charge on any atom is -0.497 e. The van der Waals surface area contributed by atoms with E-state index in [9.17, 15) is 13.2 Å². The van der Waals surface area contributed by atoms with E-state index in [1.807, 2.05) is 50.2 Å². The van der Waals surface area contributed by atoms with E-state index >= 15 is 0 Å². The van der Waals surface area contributed by atoms with Gasteiger partial charge in [0.1, 0.15) is 12.3 Å². The number of hydrogen-bond donors (Lipinski definition) is 1. The number of carbonyl (C=O) groups is 1. The van der Waals surface area contributed by atoms with Gasteiger partial charge in [0.15, 0.2) is 0 Å². The van der Waals surface area contributed by atoms with Gasteiger partial charge in [-0.2, -0.15) is 0 Å². The molecule has 0 aliphatic heterocycles. The molecule has 0 aliphatic carbocycles. The SMILES string of the molecule is CCc1ccccc1N(CC(=O)N[C@H](CC(C)C)c1ccc(OC)cc1)S(=O)(=O)c1ccc(C)cc1. The second-order valence-corrected chi connectivity index (χ2v) is 11.2. The van der Waals surface area contributed by atoms with Crippen LogP contribution in [0.2, 0.25) is 0 Å². The molecule has 0 spiro atoms. The smallest absolute Gasteiger partial charge is 0.264 e. The summed E-state index contributed by atoms with van der Waals surface area (Å²) in [7, 11) is -2.36. The third-order valence-electron chi connectivity index (χ3n) is 6.10. The van der Waals surface area contributed by atoms with Gasteiger partial charge in [-0.15, -0.1) is 0 Å². The zero-order valence-electron chi connectivity index (χ0n) is 21.7. The molecule has 3 aromatic carbocycles. The molecule has 1 atom stereocenters. The monoisotopic (exact) mass is 508 g/mol. The van der Waals surface area contributed by atoms with Crippen molar-refractivity contribution in [2.24, 2.45) is 5.92 Å². The maximum atomic E-state index is 13.8. The van der Waals surface area contributed by atoms with Crippen molar-refractivity contribution in [2.75, 3.05) is 18.0 Å². The van der Waals surface area contributed by atoms with Crippen LogP contribution in [0, 0.1) is 12.8 Å². The summed E-state index contributed by atoms with van der Waals surface area (Å²) in [4.78, 5) is 13.6. The van der Waals surface area contributed by atoms with Gasteiger partial charge >= 0.3 is 0 Å². The molecular weight excluding hydrogens is 472 g/mol. The van der Waals surface area contributed by atoms with Gasteiger partial charge in [-0.05, 0) is 67.1 Å². The fourth-order valence-electron chi connectivity index (χ4n) is 4.15. The van der Waals surface area contributed by atoms with Crippen LogP contribution < -0.4 is 14.4 Å². The largest absolute Gasteiger partial charge is 0.497 e. The van der Waals surface area contributed by atoms with Gasteiger partial charge < -0.3 is 10.1 Å². The fraction of sp³-hybridized carbons (Fsp3) is 0.345. The number of ether oxygens (including phenoxy) is 1. The number of carbonyl (C=O) groups excluding carboxylic acids is 1. The Morgan fingerprint density at radius 2 is 1.61 bits per heavy atom. The average Bonchev–Trinajstić information content (AvgIpc) is 2.87.